The first-order valence-electron chi connectivity index (χ1n) is 9.44. The van der Waals surface area contributed by atoms with Crippen molar-refractivity contribution in [2.24, 2.45) is 5.92 Å². The Morgan fingerprint density at radius 3 is 2.67 bits per heavy atom. The summed E-state index contributed by atoms with van der Waals surface area (Å²) < 4.78 is 5.43. The van der Waals surface area contributed by atoms with E-state index in [9.17, 15) is 4.79 Å². The second-order valence-corrected chi connectivity index (χ2v) is 7.76. The van der Waals surface area contributed by atoms with Crippen molar-refractivity contribution in [2.75, 3.05) is 5.32 Å². The lowest BCUT2D eigenvalue weighted by Crippen LogP contribution is -2.24. The molecule has 0 unspecified atom stereocenters. The standard InChI is InChI=1S/C20H22N4O2S/c1-2-15-21-19(26-24-15)17-16(13-9-5-3-6-10-13)22-20(27-17)23-18(25)14-11-7-4-8-12-14/h3,5-6,9-10,14H,2,4,7-8,11-12H2,1H3,(H,22,23,25). The summed E-state index contributed by atoms with van der Waals surface area (Å²) in [6, 6.07) is 9.86. The number of rotatable bonds is 5. The molecule has 2 aromatic heterocycles. The number of carbonyl (C=O) groups excluding carboxylic acids is 1. The molecule has 0 bridgehead atoms. The molecule has 0 aliphatic heterocycles. The highest BCUT2D eigenvalue weighted by molar-refractivity contribution is 7.19. The van der Waals surface area contributed by atoms with Gasteiger partial charge in [-0.25, -0.2) is 4.98 Å². The van der Waals surface area contributed by atoms with Crippen LogP contribution in [0.15, 0.2) is 34.9 Å². The second kappa shape index (κ2) is 8.00. The van der Waals surface area contributed by atoms with Crippen molar-refractivity contribution < 1.29 is 9.32 Å². The summed E-state index contributed by atoms with van der Waals surface area (Å²) in [7, 11) is 0. The smallest absolute Gasteiger partial charge is 0.270 e. The van der Waals surface area contributed by atoms with Crippen molar-refractivity contribution in [3.8, 4) is 22.0 Å². The zero-order chi connectivity index (χ0) is 18.6. The average molecular weight is 382 g/mol. The Kier molecular flexibility index (Phi) is 5.29. The highest BCUT2D eigenvalue weighted by Crippen LogP contribution is 2.38. The van der Waals surface area contributed by atoms with Gasteiger partial charge < -0.3 is 9.84 Å². The van der Waals surface area contributed by atoms with Crippen LogP contribution in [0, 0.1) is 5.92 Å². The number of anilines is 1. The number of nitrogens with zero attached hydrogens (tertiary/aromatic N) is 3. The molecule has 27 heavy (non-hydrogen) atoms. The summed E-state index contributed by atoms with van der Waals surface area (Å²) in [4.78, 5) is 22.5. The van der Waals surface area contributed by atoms with Crippen molar-refractivity contribution >= 4 is 22.4 Å². The minimum atomic E-state index is 0.0642. The zero-order valence-corrected chi connectivity index (χ0v) is 16.1. The summed E-state index contributed by atoms with van der Waals surface area (Å²) in [5.74, 6) is 1.25. The topological polar surface area (TPSA) is 80.9 Å². The van der Waals surface area contributed by atoms with E-state index in [1.165, 1.54) is 17.8 Å². The highest BCUT2D eigenvalue weighted by atomic mass is 32.1. The molecule has 2 heterocycles. The van der Waals surface area contributed by atoms with Gasteiger partial charge in [0.05, 0.1) is 5.69 Å². The maximum Gasteiger partial charge on any atom is 0.270 e. The van der Waals surface area contributed by atoms with Gasteiger partial charge in [-0.3, -0.25) is 4.79 Å². The van der Waals surface area contributed by atoms with E-state index in [1.807, 2.05) is 37.3 Å². The number of amides is 1. The zero-order valence-electron chi connectivity index (χ0n) is 15.3. The van der Waals surface area contributed by atoms with Crippen molar-refractivity contribution in [3.63, 3.8) is 0 Å². The van der Waals surface area contributed by atoms with Crippen molar-refractivity contribution in [3.05, 3.63) is 36.2 Å². The van der Waals surface area contributed by atoms with E-state index < -0.39 is 0 Å². The van der Waals surface area contributed by atoms with Crippen molar-refractivity contribution in [1.82, 2.24) is 15.1 Å². The van der Waals surface area contributed by atoms with Crippen LogP contribution < -0.4 is 5.32 Å². The number of aryl methyl sites for hydroxylation is 1. The average Bonchev–Trinajstić information content (AvgIpc) is 3.36. The second-order valence-electron chi connectivity index (χ2n) is 6.76. The largest absolute Gasteiger partial charge is 0.333 e. The normalized spacial score (nSPS) is 15.0. The molecule has 1 N–H and O–H groups in total. The van der Waals surface area contributed by atoms with Gasteiger partial charge in [0, 0.05) is 17.9 Å². The van der Waals surface area contributed by atoms with E-state index >= 15 is 0 Å². The number of thiazole rings is 1. The first-order chi connectivity index (χ1) is 13.2. The van der Waals surface area contributed by atoms with Crippen LogP contribution in [0.1, 0.15) is 44.9 Å². The summed E-state index contributed by atoms with van der Waals surface area (Å²) in [5, 5.41) is 7.59. The van der Waals surface area contributed by atoms with Gasteiger partial charge in [0.15, 0.2) is 11.0 Å². The third-order valence-electron chi connectivity index (χ3n) is 4.86. The minimum absolute atomic E-state index is 0.0642. The molecule has 1 aromatic carbocycles. The lowest BCUT2D eigenvalue weighted by molar-refractivity contribution is -0.120. The predicted molar refractivity (Wildman–Crippen MR) is 105 cm³/mol. The van der Waals surface area contributed by atoms with Gasteiger partial charge in [0.25, 0.3) is 5.89 Å². The Morgan fingerprint density at radius 1 is 1.19 bits per heavy atom. The fraction of sp³-hybridized carbons (Fsp3) is 0.400. The van der Waals surface area contributed by atoms with Crippen LogP contribution in [0.25, 0.3) is 22.0 Å². The van der Waals surface area contributed by atoms with Crippen LogP contribution >= 0.6 is 11.3 Å². The van der Waals surface area contributed by atoms with E-state index in [0.29, 0.717) is 23.3 Å². The van der Waals surface area contributed by atoms with Crippen LogP contribution in [0.3, 0.4) is 0 Å². The number of benzene rings is 1. The molecule has 4 rings (SSSR count). The van der Waals surface area contributed by atoms with E-state index in [0.717, 1.165) is 41.8 Å². The molecular formula is C20H22N4O2S. The van der Waals surface area contributed by atoms with Gasteiger partial charge in [-0.1, -0.05) is 73.0 Å². The van der Waals surface area contributed by atoms with Crippen molar-refractivity contribution in [2.45, 2.75) is 45.4 Å². The predicted octanol–water partition coefficient (Wildman–Crippen LogP) is 4.94. The molecule has 1 fully saturated rings. The fourth-order valence-electron chi connectivity index (χ4n) is 3.37. The van der Waals surface area contributed by atoms with Gasteiger partial charge in [0.2, 0.25) is 5.91 Å². The van der Waals surface area contributed by atoms with E-state index in [4.69, 9.17) is 4.52 Å². The lowest BCUT2D eigenvalue weighted by Gasteiger charge is -2.19. The third-order valence-corrected chi connectivity index (χ3v) is 5.82. The Hall–Kier alpha value is -2.54. The molecule has 1 saturated carbocycles. The minimum Gasteiger partial charge on any atom is -0.333 e. The van der Waals surface area contributed by atoms with Crippen LogP contribution in [-0.4, -0.2) is 21.0 Å². The molecule has 7 heteroatoms. The monoisotopic (exact) mass is 382 g/mol. The SMILES string of the molecule is CCc1noc(-c2sc(NC(=O)C3CCCCC3)nc2-c2ccccc2)n1. The maximum atomic E-state index is 12.6. The summed E-state index contributed by atoms with van der Waals surface area (Å²) in [5.41, 5.74) is 1.71. The van der Waals surface area contributed by atoms with Crippen LogP contribution in [0.2, 0.25) is 0 Å². The first kappa shape index (κ1) is 17.9. The molecule has 1 amide bonds. The molecule has 0 radical (unpaired) electrons. The van der Waals surface area contributed by atoms with Gasteiger partial charge in [-0.2, -0.15) is 4.98 Å². The van der Waals surface area contributed by atoms with Crippen molar-refractivity contribution in [1.29, 1.82) is 0 Å². The molecule has 0 spiro atoms. The fourth-order valence-corrected chi connectivity index (χ4v) is 4.28. The maximum absolute atomic E-state index is 12.6. The molecule has 3 aromatic rings. The lowest BCUT2D eigenvalue weighted by atomic mass is 9.89. The quantitative estimate of drug-likeness (QED) is 0.676. The van der Waals surface area contributed by atoms with Crippen LogP contribution in [-0.2, 0) is 11.2 Å². The molecule has 6 nitrogen and oxygen atoms in total. The molecule has 1 aliphatic carbocycles. The van der Waals surface area contributed by atoms with Gasteiger partial charge in [-0.15, -0.1) is 0 Å². The summed E-state index contributed by atoms with van der Waals surface area (Å²) in [6.45, 7) is 1.98. The molecular weight excluding hydrogens is 360 g/mol. The summed E-state index contributed by atoms with van der Waals surface area (Å²) in [6.07, 6.45) is 6.09. The van der Waals surface area contributed by atoms with Crippen LogP contribution in [0.5, 0.6) is 0 Å². The third kappa shape index (κ3) is 3.93. The number of hydrogen-bond donors (Lipinski definition) is 1. The molecule has 140 valence electrons. The van der Waals surface area contributed by atoms with E-state index in [1.54, 1.807) is 0 Å². The summed E-state index contributed by atoms with van der Waals surface area (Å²) >= 11 is 1.38. The van der Waals surface area contributed by atoms with Gasteiger partial charge in [0.1, 0.15) is 4.88 Å². The van der Waals surface area contributed by atoms with Crippen LogP contribution in [0.4, 0.5) is 5.13 Å². The number of hydrogen-bond acceptors (Lipinski definition) is 6. The molecule has 1 aliphatic rings. The highest BCUT2D eigenvalue weighted by Gasteiger charge is 2.24. The molecule has 0 atom stereocenters. The Labute approximate surface area is 162 Å². The number of nitrogens with one attached hydrogen (secondary N) is 1. The van der Waals surface area contributed by atoms with E-state index in [-0.39, 0.29) is 11.8 Å². The Balaban J connectivity index is 1.66. The van der Waals surface area contributed by atoms with E-state index in [2.05, 4.69) is 20.4 Å². The Morgan fingerprint density at radius 2 is 1.96 bits per heavy atom. The Bertz CT molecular complexity index is 913. The first-order valence-corrected chi connectivity index (χ1v) is 10.3. The number of carbonyl (C=O) groups is 1. The van der Waals surface area contributed by atoms with Gasteiger partial charge >= 0.3 is 0 Å². The van der Waals surface area contributed by atoms with Gasteiger partial charge in [-0.05, 0) is 12.8 Å². The molecule has 0 saturated heterocycles. The number of aromatic nitrogens is 3.